The summed E-state index contributed by atoms with van der Waals surface area (Å²) in [6, 6.07) is -0.00556. The van der Waals surface area contributed by atoms with Gasteiger partial charge in [0.05, 0.1) is 0 Å². The highest BCUT2D eigenvalue weighted by Crippen LogP contribution is 2.21. The van der Waals surface area contributed by atoms with Gasteiger partial charge in [0.2, 0.25) is 0 Å². The maximum Gasteiger partial charge on any atom is 0.282 e. The van der Waals surface area contributed by atoms with Gasteiger partial charge in [-0.15, -0.1) is 12.4 Å². The summed E-state index contributed by atoms with van der Waals surface area (Å²) >= 11 is 0. The Bertz CT molecular complexity index is 284. The van der Waals surface area contributed by atoms with Gasteiger partial charge in [-0.2, -0.15) is 17.0 Å². The molecule has 0 amide bonds. The first-order valence-electron chi connectivity index (χ1n) is 4.97. The van der Waals surface area contributed by atoms with Crippen molar-refractivity contribution in [1.29, 1.82) is 0 Å². The van der Waals surface area contributed by atoms with E-state index in [0.717, 1.165) is 12.8 Å². The summed E-state index contributed by atoms with van der Waals surface area (Å²) in [4.78, 5) is 0. The molecule has 0 bridgehead atoms. The molecule has 0 spiro atoms. The molecule has 1 atom stereocenters. The first-order chi connectivity index (χ1) is 6.54. The molecule has 1 aliphatic rings. The topological polar surface area (TPSA) is 66.6 Å². The van der Waals surface area contributed by atoms with Crippen molar-refractivity contribution in [3.8, 4) is 0 Å². The van der Waals surface area contributed by atoms with Crippen LogP contribution in [0.2, 0.25) is 0 Å². The fourth-order valence-electron chi connectivity index (χ4n) is 1.69. The maximum atomic E-state index is 11.9. The molecule has 1 rings (SSSR count). The van der Waals surface area contributed by atoms with Crippen LogP contribution in [0.15, 0.2) is 0 Å². The molecule has 1 unspecified atom stereocenters. The van der Waals surface area contributed by atoms with Crippen molar-refractivity contribution in [1.82, 2.24) is 8.61 Å². The van der Waals surface area contributed by atoms with Crippen molar-refractivity contribution in [2.45, 2.75) is 25.8 Å². The predicted molar refractivity (Wildman–Crippen MR) is 63.3 cm³/mol. The second-order valence-corrected chi connectivity index (χ2v) is 5.55. The van der Waals surface area contributed by atoms with E-state index in [1.165, 1.54) is 8.61 Å². The minimum atomic E-state index is -3.26. The van der Waals surface area contributed by atoms with E-state index in [0.29, 0.717) is 19.6 Å². The Kier molecular flexibility index (Phi) is 6.05. The molecule has 1 fully saturated rings. The van der Waals surface area contributed by atoms with E-state index < -0.39 is 10.2 Å². The van der Waals surface area contributed by atoms with Crippen molar-refractivity contribution in [3.05, 3.63) is 0 Å². The van der Waals surface area contributed by atoms with Crippen molar-refractivity contribution < 1.29 is 8.42 Å². The summed E-state index contributed by atoms with van der Waals surface area (Å²) in [5, 5.41) is 0. The van der Waals surface area contributed by atoms with Gasteiger partial charge in [0.15, 0.2) is 0 Å². The molecule has 0 aliphatic carbocycles. The van der Waals surface area contributed by atoms with E-state index in [2.05, 4.69) is 0 Å². The van der Waals surface area contributed by atoms with Crippen LogP contribution >= 0.6 is 12.4 Å². The van der Waals surface area contributed by atoms with E-state index in [1.807, 2.05) is 6.92 Å². The first kappa shape index (κ1) is 15.1. The molecule has 0 aromatic heterocycles. The molecular formula is C8H20ClN3O2S. The minimum Gasteiger partial charge on any atom is -0.329 e. The highest BCUT2D eigenvalue weighted by atomic mass is 35.5. The van der Waals surface area contributed by atoms with Gasteiger partial charge in [-0.1, -0.05) is 6.92 Å². The molecular weight excluding hydrogens is 238 g/mol. The molecule has 1 aliphatic heterocycles. The second-order valence-electron chi connectivity index (χ2n) is 3.56. The largest absolute Gasteiger partial charge is 0.329 e. The third-order valence-corrected chi connectivity index (χ3v) is 4.85. The molecule has 0 aromatic rings. The molecule has 5 nitrogen and oxygen atoms in total. The Morgan fingerprint density at radius 1 is 1.53 bits per heavy atom. The van der Waals surface area contributed by atoms with Crippen LogP contribution in [0.4, 0.5) is 0 Å². The summed E-state index contributed by atoms with van der Waals surface area (Å²) < 4.78 is 26.7. The summed E-state index contributed by atoms with van der Waals surface area (Å²) in [5.74, 6) is 0. The lowest BCUT2D eigenvalue weighted by atomic mass is 10.2. The summed E-state index contributed by atoms with van der Waals surface area (Å²) in [6.07, 6.45) is 1.80. The molecule has 15 heavy (non-hydrogen) atoms. The third-order valence-electron chi connectivity index (χ3n) is 2.73. The fraction of sp³-hybridized carbons (Fsp3) is 1.00. The Morgan fingerprint density at radius 3 is 2.60 bits per heavy atom. The number of rotatable bonds is 4. The molecule has 0 aromatic carbocycles. The van der Waals surface area contributed by atoms with E-state index >= 15 is 0 Å². The number of nitrogens with two attached hydrogens (primary N) is 1. The molecule has 1 heterocycles. The Hall–Kier alpha value is 0.120. The van der Waals surface area contributed by atoms with Crippen LogP contribution in [0.25, 0.3) is 0 Å². The Balaban J connectivity index is 0.00000196. The van der Waals surface area contributed by atoms with Crippen LogP contribution in [0.3, 0.4) is 0 Å². The van der Waals surface area contributed by atoms with Gasteiger partial charge in [0.1, 0.15) is 0 Å². The molecule has 1 saturated heterocycles. The number of hydrogen-bond acceptors (Lipinski definition) is 3. The predicted octanol–water partition coefficient (Wildman–Crippen LogP) is 0.0278. The summed E-state index contributed by atoms with van der Waals surface area (Å²) in [7, 11) is -1.66. The fourth-order valence-corrected chi connectivity index (χ4v) is 3.30. The van der Waals surface area contributed by atoms with Crippen LogP contribution in [-0.4, -0.2) is 49.8 Å². The molecule has 2 N–H and O–H groups in total. The van der Waals surface area contributed by atoms with Crippen LogP contribution in [0.1, 0.15) is 19.8 Å². The third kappa shape index (κ3) is 3.04. The van der Waals surface area contributed by atoms with E-state index in [1.54, 1.807) is 7.05 Å². The van der Waals surface area contributed by atoms with Gasteiger partial charge in [-0.25, -0.2) is 0 Å². The van der Waals surface area contributed by atoms with Crippen molar-refractivity contribution in [2.75, 3.05) is 26.7 Å². The average molecular weight is 258 g/mol. The van der Waals surface area contributed by atoms with E-state index in [9.17, 15) is 8.42 Å². The van der Waals surface area contributed by atoms with E-state index in [-0.39, 0.29) is 18.4 Å². The Morgan fingerprint density at radius 2 is 2.13 bits per heavy atom. The minimum absolute atomic E-state index is 0. The average Bonchev–Trinajstić information content (AvgIpc) is 2.64. The molecule has 92 valence electrons. The molecule has 0 radical (unpaired) electrons. The smallest absolute Gasteiger partial charge is 0.282 e. The molecule has 0 saturated carbocycles. The SMILES string of the molecule is CCN(C)S(=O)(=O)N1CCCC1CN.Cl. The normalized spacial score (nSPS) is 23.1. The van der Waals surface area contributed by atoms with E-state index in [4.69, 9.17) is 5.73 Å². The van der Waals surface area contributed by atoms with Crippen LogP contribution in [0, 0.1) is 0 Å². The number of halogens is 1. The maximum absolute atomic E-state index is 11.9. The first-order valence-corrected chi connectivity index (χ1v) is 6.37. The van der Waals surface area contributed by atoms with Crippen molar-refractivity contribution >= 4 is 22.6 Å². The van der Waals surface area contributed by atoms with Gasteiger partial charge >= 0.3 is 0 Å². The lowest BCUT2D eigenvalue weighted by molar-refractivity contribution is 0.351. The van der Waals surface area contributed by atoms with Gasteiger partial charge in [0.25, 0.3) is 10.2 Å². The van der Waals surface area contributed by atoms with Crippen molar-refractivity contribution in [3.63, 3.8) is 0 Å². The van der Waals surface area contributed by atoms with Crippen molar-refractivity contribution in [2.24, 2.45) is 5.73 Å². The zero-order valence-corrected chi connectivity index (χ0v) is 10.9. The zero-order chi connectivity index (χ0) is 10.8. The highest BCUT2D eigenvalue weighted by molar-refractivity contribution is 7.86. The van der Waals surface area contributed by atoms with Crippen LogP contribution < -0.4 is 5.73 Å². The van der Waals surface area contributed by atoms with Crippen LogP contribution in [0.5, 0.6) is 0 Å². The number of hydrogen-bond donors (Lipinski definition) is 1. The van der Waals surface area contributed by atoms with Crippen LogP contribution in [-0.2, 0) is 10.2 Å². The lowest BCUT2D eigenvalue weighted by Crippen LogP contribution is -2.46. The van der Waals surface area contributed by atoms with Gasteiger partial charge in [0, 0.05) is 32.7 Å². The highest BCUT2D eigenvalue weighted by Gasteiger charge is 2.35. The Labute approximate surface area is 98.2 Å². The zero-order valence-electron chi connectivity index (χ0n) is 9.22. The standard InChI is InChI=1S/C8H19N3O2S.ClH/c1-3-10(2)14(12,13)11-6-4-5-8(11)7-9;/h8H,3-7,9H2,1-2H3;1H. The number of nitrogens with zero attached hydrogens (tertiary/aromatic N) is 2. The van der Waals surface area contributed by atoms with Gasteiger partial charge in [-0.05, 0) is 12.8 Å². The quantitative estimate of drug-likeness (QED) is 0.773. The summed E-state index contributed by atoms with van der Waals surface area (Å²) in [6.45, 7) is 3.34. The second kappa shape index (κ2) is 6.00. The monoisotopic (exact) mass is 257 g/mol. The van der Waals surface area contributed by atoms with Gasteiger partial charge < -0.3 is 5.73 Å². The molecule has 7 heteroatoms. The van der Waals surface area contributed by atoms with Gasteiger partial charge in [-0.3, -0.25) is 0 Å². The lowest BCUT2D eigenvalue weighted by Gasteiger charge is -2.27. The summed E-state index contributed by atoms with van der Waals surface area (Å²) in [5.41, 5.74) is 5.54.